The van der Waals surface area contributed by atoms with Crippen LogP contribution in [-0.2, 0) is 16.1 Å². The maximum atomic E-state index is 14.0. The van der Waals surface area contributed by atoms with Crippen LogP contribution in [0.1, 0.15) is 61.9 Å². The van der Waals surface area contributed by atoms with Gasteiger partial charge in [-0.1, -0.05) is 97.4 Å². The lowest BCUT2D eigenvalue weighted by Gasteiger charge is -2.25. The first-order chi connectivity index (χ1) is 19.8. The quantitative estimate of drug-likeness (QED) is 0.232. The number of para-hydroxylation sites is 1. The highest BCUT2D eigenvalue weighted by atomic mass is 35.5. The number of halogens is 1. The second-order valence-electron chi connectivity index (χ2n) is 10.0. The molecule has 0 saturated carbocycles. The predicted octanol–water partition coefficient (Wildman–Crippen LogP) is 6.15. The Labute approximate surface area is 247 Å². The molecule has 0 amide bonds. The molecule has 0 spiro atoms. The van der Waals surface area contributed by atoms with E-state index in [1.807, 2.05) is 78.9 Å². The SMILES string of the molecule is CCOC(=O)C1=C(C)N=c2s/c(=C\c3ccccc3OCc3ccccc3Cl)c(=O)n2C1c1ccc(C(C)C)cc1. The summed E-state index contributed by atoms with van der Waals surface area (Å²) in [4.78, 5) is 32.4. The number of rotatable bonds is 8. The first-order valence-corrected chi connectivity index (χ1v) is 14.7. The van der Waals surface area contributed by atoms with Gasteiger partial charge >= 0.3 is 5.97 Å². The molecule has 6 nitrogen and oxygen atoms in total. The summed E-state index contributed by atoms with van der Waals surface area (Å²) in [6, 6.07) is 22.5. The average molecular weight is 587 g/mol. The molecule has 3 aromatic carbocycles. The van der Waals surface area contributed by atoms with E-state index < -0.39 is 12.0 Å². The van der Waals surface area contributed by atoms with E-state index in [2.05, 4.69) is 18.8 Å². The summed E-state index contributed by atoms with van der Waals surface area (Å²) in [7, 11) is 0. The van der Waals surface area contributed by atoms with E-state index in [1.165, 1.54) is 16.9 Å². The third-order valence-corrected chi connectivity index (χ3v) is 8.33. The monoisotopic (exact) mass is 586 g/mol. The topological polar surface area (TPSA) is 69.9 Å². The second kappa shape index (κ2) is 12.3. The molecule has 0 aliphatic carbocycles. The van der Waals surface area contributed by atoms with Crippen molar-refractivity contribution in [1.82, 2.24) is 4.57 Å². The van der Waals surface area contributed by atoms with Gasteiger partial charge in [0.25, 0.3) is 5.56 Å². The van der Waals surface area contributed by atoms with Gasteiger partial charge in [0.05, 0.1) is 28.5 Å². The summed E-state index contributed by atoms with van der Waals surface area (Å²) in [5.41, 5.74) is 4.29. The molecular formula is C33H31ClN2O4S. The van der Waals surface area contributed by atoms with Crippen molar-refractivity contribution in [3.63, 3.8) is 0 Å². The van der Waals surface area contributed by atoms with Gasteiger partial charge in [-0.05, 0) is 49.1 Å². The molecule has 8 heteroatoms. The van der Waals surface area contributed by atoms with E-state index in [0.717, 1.165) is 16.7 Å². The van der Waals surface area contributed by atoms with Gasteiger partial charge in [-0.15, -0.1) is 0 Å². The van der Waals surface area contributed by atoms with E-state index in [-0.39, 0.29) is 12.2 Å². The molecule has 1 aliphatic heterocycles. The maximum absolute atomic E-state index is 14.0. The molecule has 0 saturated heterocycles. The van der Waals surface area contributed by atoms with Crippen molar-refractivity contribution < 1.29 is 14.3 Å². The molecule has 210 valence electrons. The van der Waals surface area contributed by atoms with Crippen molar-refractivity contribution in [2.24, 2.45) is 4.99 Å². The lowest BCUT2D eigenvalue weighted by atomic mass is 9.93. The highest BCUT2D eigenvalue weighted by Crippen LogP contribution is 2.31. The minimum absolute atomic E-state index is 0.226. The zero-order valence-electron chi connectivity index (χ0n) is 23.4. The Morgan fingerprint density at radius 1 is 1.07 bits per heavy atom. The zero-order chi connectivity index (χ0) is 29.1. The number of allylic oxidation sites excluding steroid dienone is 1. The summed E-state index contributed by atoms with van der Waals surface area (Å²) >= 11 is 7.60. The number of thiazole rings is 1. The largest absolute Gasteiger partial charge is 0.488 e. The first-order valence-electron chi connectivity index (χ1n) is 13.5. The van der Waals surface area contributed by atoms with Crippen molar-refractivity contribution in [2.45, 2.75) is 46.3 Å². The van der Waals surface area contributed by atoms with Crippen molar-refractivity contribution in [3.8, 4) is 5.75 Å². The molecule has 1 atom stereocenters. The molecule has 1 unspecified atom stereocenters. The van der Waals surface area contributed by atoms with Crippen LogP contribution in [0.4, 0.5) is 0 Å². The summed E-state index contributed by atoms with van der Waals surface area (Å²) < 4.78 is 13.6. The normalized spacial score (nSPS) is 15.1. The third kappa shape index (κ3) is 5.92. The minimum atomic E-state index is -0.652. The van der Waals surface area contributed by atoms with E-state index >= 15 is 0 Å². The molecule has 0 radical (unpaired) electrons. The number of ether oxygens (including phenoxy) is 2. The fraction of sp³-hybridized carbons (Fsp3) is 0.242. The van der Waals surface area contributed by atoms with Gasteiger partial charge in [-0.25, -0.2) is 9.79 Å². The molecule has 0 N–H and O–H groups in total. The van der Waals surface area contributed by atoms with Gasteiger partial charge < -0.3 is 9.47 Å². The second-order valence-corrected chi connectivity index (χ2v) is 11.5. The van der Waals surface area contributed by atoms with E-state index in [0.29, 0.717) is 43.9 Å². The number of carbonyl (C=O) groups is 1. The lowest BCUT2D eigenvalue weighted by molar-refractivity contribution is -0.139. The number of esters is 1. The number of carbonyl (C=O) groups excluding carboxylic acids is 1. The van der Waals surface area contributed by atoms with Crippen LogP contribution in [0.5, 0.6) is 5.75 Å². The molecule has 1 aliphatic rings. The summed E-state index contributed by atoms with van der Waals surface area (Å²) in [5, 5.41) is 0.632. The summed E-state index contributed by atoms with van der Waals surface area (Å²) in [6.45, 7) is 8.33. The fourth-order valence-electron chi connectivity index (χ4n) is 4.81. The van der Waals surface area contributed by atoms with Crippen molar-refractivity contribution in [1.29, 1.82) is 0 Å². The molecule has 41 heavy (non-hydrogen) atoms. The number of hydrogen-bond acceptors (Lipinski definition) is 6. The van der Waals surface area contributed by atoms with Gasteiger partial charge in [-0.2, -0.15) is 0 Å². The van der Waals surface area contributed by atoms with Crippen LogP contribution >= 0.6 is 22.9 Å². The van der Waals surface area contributed by atoms with E-state index in [4.69, 9.17) is 21.1 Å². The molecule has 0 fully saturated rings. The highest BCUT2D eigenvalue weighted by molar-refractivity contribution is 7.07. The third-order valence-electron chi connectivity index (χ3n) is 6.98. The van der Waals surface area contributed by atoms with Gasteiger partial charge in [0.1, 0.15) is 12.4 Å². The Morgan fingerprint density at radius 3 is 2.49 bits per heavy atom. The van der Waals surface area contributed by atoms with Crippen LogP contribution in [-0.4, -0.2) is 17.1 Å². The van der Waals surface area contributed by atoms with Gasteiger partial charge in [0, 0.05) is 16.1 Å². The Balaban J connectivity index is 1.60. The Bertz CT molecular complexity index is 1800. The maximum Gasteiger partial charge on any atom is 0.338 e. The van der Waals surface area contributed by atoms with Crippen LogP contribution in [0.25, 0.3) is 6.08 Å². The molecular weight excluding hydrogens is 556 g/mol. The van der Waals surface area contributed by atoms with Crippen LogP contribution in [0.3, 0.4) is 0 Å². The lowest BCUT2D eigenvalue weighted by Crippen LogP contribution is -2.39. The standard InChI is InChI=1S/C33H31ClN2O4S/c1-5-39-32(38)29-21(4)35-33-36(30(29)23-16-14-22(15-17-23)20(2)3)31(37)28(41-33)18-24-10-7-9-13-27(24)40-19-25-11-6-8-12-26(25)34/h6-18,20,30H,5,19H2,1-4H3/b28-18-. The predicted molar refractivity (Wildman–Crippen MR) is 163 cm³/mol. The average Bonchev–Trinajstić information content (AvgIpc) is 3.26. The smallest absolute Gasteiger partial charge is 0.338 e. The molecule has 1 aromatic heterocycles. The number of fused-ring (bicyclic) bond motifs is 1. The van der Waals surface area contributed by atoms with Crippen LogP contribution in [0.15, 0.2) is 93.9 Å². The number of benzene rings is 3. The van der Waals surface area contributed by atoms with Crippen molar-refractivity contribution >= 4 is 35.0 Å². The Hall–Kier alpha value is -3.94. The first kappa shape index (κ1) is 28.6. The van der Waals surface area contributed by atoms with Crippen LogP contribution < -0.4 is 19.6 Å². The minimum Gasteiger partial charge on any atom is -0.488 e. The van der Waals surface area contributed by atoms with Crippen LogP contribution in [0.2, 0.25) is 5.02 Å². The van der Waals surface area contributed by atoms with Crippen molar-refractivity contribution in [2.75, 3.05) is 6.61 Å². The van der Waals surface area contributed by atoms with E-state index in [1.54, 1.807) is 18.4 Å². The molecule has 0 bridgehead atoms. The van der Waals surface area contributed by atoms with E-state index in [9.17, 15) is 9.59 Å². The van der Waals surface area contributed by atoms with Crippen LogP contribution in [0, 0.1) is 0 Å². The Kier molecular flexibility index (Phi) is 8.57. The highest BCUT2D eigenvalue weighted by Gasteiger charge is 2.33. The Morgan fingerprint density at radius 2 is 1.78 bits per heavy atom. The zero-order valence-corrected chi connectivity index (χ0v) is 25.0. The molecule has 4 aromatic rings. The summed E-state index contributed by atoms with van der Waals surface area (Å²) in [5.74, 6) is 0.509. The number of nitrogens with zero attached hydrogens (tertiary/aromatic N) is 2. The number of aromatic nitrogens is 1. The van der Waals surface area contributed by atoms with Crippen molar-refractivity contribution in [3.05, 3.63) is 131 Å². The van der Waals surface area contributed by atoms with Gasteiger partial charge in [0.2, 0.25) is 0 Å². The molecule has 5 rings (SSSR count). The number of hydrogen-bond donors (Lipinski definition) is 0. The van der Waals surface area contributed by atoms with Gasteiger partial charge in [0.15, 0.2) is 4.80 Å². The van der Waals surface area contributed by atoms with Gasteiger partial charge in [-0.3, -0.25) is 9.36 Å². The molecule has 2 heterocycles. The fourth-order valence-corrected chi connectivity index (χ4v) is 6.04. The summed E-state index contributed by atoms with van der Waals surface area (Å²) in [6.07, 6.45) is 1.81.